The molecule has 1 unspecified atom stereocenters. The highest BCUT2D eigenvalue weighted by Crippen LogP contribution is 2.31. The van der Waals surface area contributed by atoms with Crippen LogP contribution in [-0.2, 0) is 12.1 Å². The van der Waals surface area contributed by atoms with E-state index in [-0.39, 0.29) is 11.1 Å². The number of aromatic amines is 1. The Balaban J connectivity index is 1.94. The summed E-state index contributed by atoms with van der Waals surface area (Å²) in [6.45, 7) is 13.8. The highest BCUT2D eigenvalue weighted by atomic mass is 16.1. The summed E-state index contributed by atoms with van der Waals surface area (Å²) >= 11 is 0. The fourth-order valence-corrected chi connectivity index (χ4v) is 4.45. The van der Waals surface area contributed by atoms with Crippen LogP contribution in [0.15, 0.2) is 53.3 Å². The molecule has 0 saturated carbocycles. The van der Waals surface area contributed by atoms with Crippen molar-refractivity contribution >= 4 is 10.9 Å². The summed E-state index contributed by atoms with van der Waals surface area (Å²) in [5.74, 6) is 0.662. The molecule has 1 N–H and O–H groups in total. The quantitative estimate of drug-likeness (QED) is 0.474. The lowest BCUT2D eigenvalue weighted by molar-refractivity contribution is 0.202. The van der Waals surface area contributed by atoms with Crippen molar-refractivity contribution in [3.05, 3.63) is 87.0 Å². The molecular weight excluding hydrogens is 412 g/mol. The molecule has 0 spiro atoms. The van der Waals surface area contributed by atoms with Crippen LogP contribution in [0.5, 0.6) is 0 Å². The van der Waals surface area contributed by atoms with Gasteiger partial charge in [0.2, 0.25) is 0 Å². The number of H-pyrrole nitrogens is 1. The third-order valence-electron chi connectivity index (χ3n) is 5.99. The first kappa shape index (κ1) is 22.9. The zero-order valence-corrected chi connectivity index (χ0v) is 20.3. The minimum atomic E-state index is -0.404. The highest BCUT2D eigenvalue weighted by Gasteiger charge is 2.33. The molecule has 4 rings (SSSR count). The fourth-order valence-electron chi connectivity index (χ4n) is 4.45. The van der Waals surface area contributed by atoms with Gasteiger partial charge in [-0.3, -0.25) is 9.69 Å². The number of fused-ring (bicyclic) bond motifs is 1. The molecule has 2 aromatic carbocycles. The van der Waals surface area contributed by atoms with Crippen molar-refractivity contribution in [2.45, 2.75) is 59.7 Å². The second-order valence-electron chi connectivity index (χ2n) is 9.67. The Morgan fingerprint density at radius 2 is 1.82 bits per heavy atom. The Bertz CT molecular complexity index is 1320. The molecule has 7 nitrogen and oxygen atoms in total. The summed E-state index contributed by atoms with van der Waals surface area (Å²) in [4.78, 5) is 18.9. The number of aryl methyl sites for hydroxylation is 2. The molecule has 4 aromatic rings. The monoisotopic (exact) mass is 444 g/mol. The van der Waals surface area contributed by atoms with Crippen molar-refractivity contribution < 1.29 is 0 Å². The van der Waals surface area contributed by atoms with E-state index < -0.39 is 6.04 Å². The van der Waals surface area contributed by atoms with Gasteiger partial charge in [0, 0.05) is 12.1 Å². The molecule has 0 aliphatic carbocycles. The standard InChI is InChI=1S/C26H32N6O/c1-7-31(16-19-11-9-8-10-12-19)23(24-28-29-30-32(24)26(4,5)6)21-15-20-14-17(2)13-18(3)22(20)27-25(21)33/h8-15,23H,7,16H2,1-6H3,(H,27,33). The van der Waals surface area contributed by atoms with Gasteiger partial charge >= 0.3 is 0 Å². The number of nitrogens with one attached hydrogen (secondary N) is 1. The largest absolute Gasteiger partial charge is 0.321 e. The number of hydrogen-bond acceptors (Lipinski definition) is 5. The molecule has 0 radical (unpaired) electrons. The molecule has 0 fully saturated rings. The number of benzene rings is 2. The summed E-state index contributed by atoms with van der Waals surface area (Å²) in [6.07, 6.45) is 0. The van der Waals surface area contributed by atoms with Gasteiger partial charge in [0.05, 0.1) is 11.1 Å². The van der Waals surface area contributed by atoms with Crippen molar-refractivity contribution in [2.75, 3.05) is 6.54 Å². The first-order chi connectivity index (χ1) is 15.7. The van der Waals surface area contributed by atoms with Crippen molar-refractivity contribution in [1.82, 2.24) is 30.1 Å². The topological polar surface area (TPSA) is 79.7 Å². The molecule has 172 valence electrons. The Hall–Kier alpha value is -3.32. The van der Waals surface area contributed by atoms with E-state index in [0.717, 1.165) is 28.6 Å². The van der Waals surface area contributed by atoms with Crippen LogP contribution in [0.3, 0.4) is 0 Å². The van der Waals surface area contributed by atoms with Gasteiger partial charge in [-0.05, 0) is 80.2 Å². The molecule has 1 atom stereocenters. The van der Waals surface area contributed by atoms with E-state index in [1.807, 2.05) is 35.9 Å². The van der Waals surface area contributed by atoms with Gasteiger partial charge in [-0.25, -0.2) is 4.68 Å². The van der Waals surface area contributed by atoms with E-state index in [0.29, 0.717) is 17.9 Å². The molecule has 33 heavy (non-hydrogen) atoms. The third-order valence-corrected chi connectivity index (χ3v) is 5.99. The van der Waals surface area contributed by atoms with Crippen LogP contribution in [0.2, 0.25) is 0 Å². The zero-order valence-electron chi connectivity index (χ0n) is 20.3. The molecule has 0 aliphatic heterocycles. The van der Waals surface area contributed by atoms with Gasteiger partial charge in [-0.15, -0.1) is 5.10 Å². The Morgan fingerprint density at radius 3 is 2.48 bits per heavy atom. The summed E-state index contributed by atoms with van der Waals surface area (Å²) in [5, 5.41) is 13.7. The van der Waals surface area contributed by atoms with Crippen LogP contribution in [0, 0.1) is 13.8 Å². The highest BCUT2D eigenvalue weighted by molar-refractivity contribution is 5.83. The number of nitrogens with zero attached hydrogens (tertiary/aromatic N) is 5. The molecule has 2 heterocycles. The summed E-state index contributed by atoms with van der Waals surface area (Å²) in [7, 11) is 0. The average molecular weight is 445 g/mol. The second-order valence-corrected chi connectivity index (χ2v) is 9.67. The first-order valence-corrected chi connectivity index (χ1v) is 11.4. The maximum absolute atomic E-state index is 13.5. The van der Waals surface area contributed by atoms with E-state index in [1.54, 1.807) is 0 Å². The van der Waals surface area contributed by atoms with Crippen molar-refractivity contribution in [2.24, 2.45) is 0 Å². The van der Waals surface area contributed by atoms with Crippen LogP contribution in [0.4, 0.5) is 0 Å². The van der Waals surface area contributed by atoms with Crippen LogP contribution >= 0.6 is 0 Å². The second kappa shape index (κ2) is 8.90. The molecule has 7 heteroatoms. The Morgan fingerprint density at radius 1 is 1.09 bits per heavy atom. The minimum Gasteiger partial charge on any atom is -0.321 e. The normalized spacial score (nSPS) is 13.1. The zero-order chi connectivity index (χ0) is 23.8. The van der Waals surface area contributed by atoms with E-state index in [4.69, 9.17) is 0 Å². The predicted octanol–water partition coefficient (Wildman–Crippen LogP) is 4.50. The number of rotatable bonds is 6. The maximum atomic E-state index is 13.5. The fraction of sp³-hybridized carbons (Fsp3) is 0.385. The predicted molar refractivity (Wildman–Crippen MR) is 131 cm³/mol. The molecule has 0 aliphatic rings. The smallest absolute Gasteiger partial charge is 0.253 e. The van der Waals surface area contributed by atoms with Crippen LogP contribution < -0.4 is 5.56 Å². The molecule has 0 amide bonds. The Labute approximate surface area is 194 Å². The van der Waals surface area contributed by atoms with Gasteiger partial charge in [0.25, 0.3) is 5.56 Å². The minimum absolute atomic E-state index is 0.116. The number of hydrogen-bond donors (Lipinski definition) is 1. The van der Waals surface area contributed by atoms with Crippen molar-refractivity contribution in [3.8, 4) is 0 Å². The van der Waals surface area contributed by atoms with Crippen LogP contribution in [0.25, 0.3) is 10.9 Å². The molecular formula is C26H32N6O. The number of aromatic nitrogens is 5. The van der Waals surface area contributed by atoms with Crippen molar-refractivity contribution in [3.63, 3.8) is 0 Å². The van der Waals surface area contributed by atoms with Gasteiger partial charge in [-0.1, -0.05) is 48.9 Å². The summed E-state index contributed by atoms with van der Waals surface area (Å²) in [5.41, 5.74) is 4.45. The molecule has 0 saturated heterocycles. The van der Waals surface area contributed by atoms with Crippen molar-refractivity contribution in [1.29, 1.82) is 0 Å². The third kappa shape index (κ3) is 4.59. The number of tetrazole rings is 1. The van der Waals surface area contributed by atoms with E-state index in [2.05, 4.69) is 84.3 Å². The maximum Gasteiger partial charge on any atom is 0.253 e. The summed E-state index contributed by atoms with van der Waals surface area (Å²) < 4.78 is 1.83. The lowest BCUT2D eigenvalue weighted by Crippen LogP contribution is -2.37. The van der Waals surface area contributed by atoms with Crippen LogP contribution in [-0.4, -0.2) is 36.6 Å². The number of pyridine rings is 1. The van der Waals surface area contributed by atoms with E-state index in [9.17, 15) is 4.79 Å². The van der Waals surface area contributed by atoms with Gasteiger partial charge in [-0.2, -0.15) is 0 Å². The lowest BCUT2D eigenvalue weighted by atomic mass is 9.99. The van der Waals surface area contributed by atoms with E-state index >= 15 is 0 Å². The van der Waals surface area contributed by atoms with Gasteiger partial charge in [0.15, 0.2) is 5.82 Å². The SMILES string of the molecule is CCN(Cc1ccccc1)C(c1cc2cc(C)cc(C)c2[nH]c1=O)c1nnnn1C(C)(C)C. The Kier molecular flexibility index (Phi) is 6.17. The van der Waals surface area contributed by atoms with Crippen LogP contribution in [0.1, 0.15) is 61.8 Å². The van der Waals surface area contributed by atoms with Gasteiger partial charge < -0.3 is 4.98 Å². The average Bonchev–Trinajstić information content (AvgIpc) is 3.25. The summed E-state index contributed by atoms with van der Waals surface area (Å²) in [6, 6.07) is 16.1. The molecule has 2 aromatic heterocycles. The molecule has 0 bridgehead atoms. The van der Waals surface area contributed by atoms with Gasteiger partial charge in [0.1, 0.15) is 6.04 Å². The lowest BCUT2D eigenvalue weighted by Gasteiger charge is -2.32. The first-order valence-electron chi connectivity index (χ1n) is 11.4. The van der Waals surface area contributed by atoms with E-state index in [1.165, 1.54) is 5.56 Å².